The van der Waals surface area contributed by atoms with E-state index in [9.17, 15) is 17.6 Å². The smallest absolute Gasteiger partial charge is 0.246 e. The zero-order valence-corrected chi connectivity index (χ0v) is 24.1. The van der Waals surface area contributed by atoms with Crippen molar-refractivity contribution in [2.45, 2.75) is 24.2 Å². The van der Waals surface area contributed by atoms with E-state index in [0.29, 0.717) is 37.4 Å². The lowest BCUT2D eigenvalue weighted by atomic mass is 9.78. The van der Waals surface area contributed by atoms with Crippen LogP contribution in [0.15, 0.2) is 41.3 Å². The van der Waals surface area contributed by atoms with Gasteiger partial charge in [-0.25, -0.2) is 12.8 Å². The van der Waals surface area contributed by atoms with Crippen molar-refractivity contribution in [3.8, 4) is 17.2 Å². The summed E-state index contributed by atoms with van der Waals surface area (Å²) in [7, 11) is 0.788. The average Bonchev–Trinajstić information content (AvgIpc) is 2.93. The van der Waals surface area contributed by atoms with Gasteiger partial charge in [-0.2, -0.15) is 4.31 Å². The minimum Gasteiger partial charge on any atom is -0.495 e. The van der Waals surface area contributed by atoms with Crippen LogP contribution in [0.2, 0.25) is 5.02 Å². The van der Waals surface area contributed by atoms with Crippen LogP contribution in [0.4, 0.5) is 4.39 Å². The number of carbonyl (C=O) groups excluding carboxylic acids is 1. The second kappa shape index (κ2) is 12.3. The molecule has 2 heterocycles. The predicted molar refractivity (Wildman–Crippen MR) is 146 cm³/mol. The molecule has 12 heteroatoms. The van der Waals surface area contributed by atoms with E-state index in [2.05, 4.69) is 4.90 Å². The molecule has 2 saturated heterocycles. The van der Waals surface area contributed by atoms with E-state index in [4.69, 9.17) is 25.8 Å². The van der Waals surface area contributed by atoms with Gasteiger partial charge < -0.3 is 24.0 Å². The molecular weight excluding hydrogens is 549 g/mol. The Bertz CT molecular complexity index is 1270. The first-order chi connectivity index (χ1) is 18.6. The van der Waals surface area contributed by atoms with Crippen LogP contribution in [0.25, 0.3) is 0 Å². The molecule has 0 saturated carbocycles. The fourth-order valence-corrected chi connectivity index (χ4v) is 7.17. The Morgan fingerprint density at radius 3 is 2.33 bits per heavy atom. The number of piperazine rings is 1. The van der Waals surface area contributed by atoms with Crippen molar-refractivity contribution in [3.63, 3.8) is 0 Å². The van der Waals surface area contributed by atoms with Gasteiger partial charge in [-0.3, -0.25) is 4.79 Å². The molecular formula is C27H35ClFN3O6S. The molecule has 2 fully saturated rings. The summed E-state index contributed by atoms with van der Waals surface area (Å²) in [6.45, 7) is 3.25. The van der Waals surface area contributed by atoms with Crippen molar-refractivity contribution in [1.82, 2.24) is 14.1 Å². The number of hydrogen-bond donors (Lipinski definition) is 0. The first kappa shape index (κ1) is 29.4. The molecule has 9 nitrogen and oxygen atoms in total. The fourth-order valence-electron chi connectivity index (χ4n) is 5.11. The van der Waals surface area contributed by atoms with E-state index in [1.807, 2.05) is 11.9 Å². The number of hydrogen-bond acceptors (Lipinski definition) is 7. The lowest BCUT2D eigenvalue weighted by Crippen LogP contribution is -2.53. The Kier molecular flexibility index (Phi) is 9.25. The molecule has 214 valence electrons. The Morgan fingerprint density at radius 1 is 1.03 bits per heavy atom. The van der Waals surface area contributed by atoms with Gasteiger partial charge in [0.2, 0.25) is 15.9 Å². The number of benzene rings is 2. The number of likely N-dealkylation sites (N-methyl/N-ethyl adjacent to an activating group) is 1. The van der Waals surface area contributed by atoms with Crippen molar-refractivity contribution in [3.05, 3.63) is 47.2 Å². The highest BCUT2D eigenvalue weighted by Gasteiger charge is 2.44. The molecule has 2 aliphatic rings. The predicted octanol–water partition coefficient (Wildman–Crippen LogP) is 3.51. The number of sulfonamides is 1. The second-order valence-corrected chi connectivity index (χ2v) is 12.5. The van der Waals surface area contributed by atoms with Gasteiger partial charge in [-0.1, -0.05) is 11.6 Å². The largest absolute Gasteiger partial charge is 0.495 e. The van der Waals surface area contributed by atoms with Crippen LogP contribution in [-0.4, -0.2) is 95.6 Å². The molecule has 2 aromatic carbocycles. The van der Waals surface area contributed by atoms with Gasteiger partial charge >= 0.3 is 0 Å². The third-order valence-corrected chi connectivity index (χ3v) is 9.58. The highest BCUT2D eigenvalue weighted by atomic mass is 35.5. The molecule has 0 spiro atoms. The molecule has 39 heavy (non-hydrogen) atoms. The normalized spacial score (nSPS) is 21.0. The SMILES string of the molecule is COc1cc(OC)c(S(=O)(=O)N2CCC[C@](COc3ccc(F)cc3)(CC(=O)N3CCN(C)CC3)C2)cc1Cl. The molecule has 0 unspecified atom stereocenters. The summed E-state index contributed by atoms with van der Waals surface area (Å²) in [6.07, 6.45) is 1.26. The molecule has 0 N–H and O–H groups in total. The highest BCUT2D eigenvalue weighted by Crippen LogP contribution is 2.41. The number of carbonyl (C=O) groups is 1. The Morgan fingerprint density at radius 2 is 1.69 bits per heavy atom. The number of rotatable bonds is 9. The summed E-state index contributed by atoms with van der Waals surface area (Å²) in [4.78, 5) is 17.4. The van der Waals surface area contributed by atoms with Crippen LogP contribution in [0.3, 0.4) is 0 Å². The topological polar surface area (TPSA) is 88.6 Å². The van der Waals surface area contributed by atoms with Gasteiger partial charge in [0, 0.05) is 57.2 Å². The van der Waals surface area contributed by atoms with Crippen molar-refractivity contribution >= 4 is 27.5 Å². The number of piperidine rings is 1. The Hall–Kier alpha value is -2.60. The van der Waals surface area contributed by atoms with Crippen LogP contribution in [0.5, 0.6) is 17.2 Å². The van der Waals surface area contributed by atoms with Crippen LogP contribution < -0.4 is 14.2 Å². The van der Waals surface area contributed by atoms with Crippen molar-refractivity contribution < 1.29 is 31.8 Å². The quantitative estimate of drug-likeness (QED) is 0.446. The van der Waals surface area contributed by atoms with Crippen LogP contribution in [-0.2, 0) is 14.8 Å². The van der Waals surface area contributed by atoms with Gasteiger partial charge in [-0.05, 0) is 50.2 Å². The standard InChI is InChI=1S/C27H35ClFN3O6S/c1-30-11-13-31(14-12-30)26(33)17-27(19-38-21-7-5-20(29)6-8-21)9-4-10-32(18-27)39(34,35)25-15-22(28)23(36-2)16-24(25)37-3/h5-8,15-16H,4,9-14,17-19H2,1-3H3/t27-/m0/s1. The molecule has 1 amide bonds. The zero-order valence-electron chi connectivity index (χ0n) is 22.5. The monoisotopic (exact) mass is 583 g/mol. The van der Waals surface area contributed by atoms with Gasteiger partial charge in [0.15, 0.2) is 0 Å². The van der Waals surface area contributed by atoms with Gasteiger partial charge in [-0.15, -0.1) is 0 Å². The molecule has 0 bridgehead atoms. The molecule has 0 aliphatic carbocycles. The molecule has 1 atom stereocenters. The van der Waals surface area contributed by atoms with Gasteiger partial charge in [0.05, 0.1) is 25.8 Å². The maximum Gasteiger partial charge on any atom is 0.246 e. The Balaban J connectivity index is 1.62. The van der Waals surface area contributed by atoms with Crippen molar-refractivity contribution in [2.75, 3.05) is 67.1 Å². The third kappa shape index (κ3) is 6.77. The maximum absolute atomic E-state index is 13.9. The molecule has 4 rings (SSSR count). The number of methoxy groups -OCH3 is 2. The van der Waals surface area contributed by atoms with Crippen LogP contribution in [0, 0.1) is 11.2 Å². The van der Waals surface area contributed by atoms with Gasteiger partial charge in [0.1, 0.15) is 28.0 Å². The van der Waals surface area contributed by atoms with E-state index in [-0.39, 0.29) is 53.5 Å². The van der Waals surface area contributed by atoms with Crippen LogP contribution in [0.1, 0.15) is 19.3 Å². The zero-order chi connectivity index (χ0) is 28.2. The van der Waals surface area contributed by atoms with E-state index in [1.165, 1.54) is 54.9 Å². The van der Waals surface area contributed by atoms with Gasteiger partial charge in [0.25, 0.3) is 0 Å². The maximum atomic E-state index is 13.9. The van der Waals surface area contributed by atoms with E-state index < -0.39 is 15.4 Å². The first-order valence-corrected chi connectivity index (χ1v) is 14.6. The number of nitrogens with zero attached hydrogens (tertiary/aromatic N) is 3. The van der Waals surface area contributed by atoms with Crippen molar-refractivity contribution in [1.29, 1.82) is 0 Å². The third-order valence-electron chi connectivity index (χ3n) is 7.42. The molecule has 2 aliphatic heterocycles. The number of ether oxygens (including phenoxy) is 3. The summed E-state index contributed by atoms with van der Waals surface area (Å²) >= 11 is 6.29. The summed E-state index contributed by atoms with van der Waals surface area (Å²) in [5, 5.41) is 0.144. The molecule has 0 aromatic heterocycles. The Labute approximate surface area is 234 Å². The lowest BCUT2D eigenvalue weighted by Gasteiger charge is -2.43. The molecule has 2 aromatic rings. The lowest BCUT2D eigenvalue weighted by molar-refractivity contribution is -0.136. The van der Waals surface area contributed by atoms with E-state index in [0.717, 1.165) is 13.1 Å². The minimum absolute atomic E-state index is 0.0323. The summed E-state index contributed by atoms with van der Waals surface area (Å²) in [5.41, 5.74) is -0.788. The van der Waals surface area contributed by atoms with E-state index in [1.54, 1.807) is 0 Å². The number of halogens is 2. The summed E-state index contributed by atoms with van der Waals surface area (Å²) < 4.78 is 59.3. The van der Waals surface area contributed by atoms with Crippen LogP contribution >= 0.6 is 11.6 Å². The second-order valence-electron chi connectivity index (χ2n) is 10.2. The highest BCUT2D eigenvalue weighted by molar-refractivity contribution is 7.89. The number of amides is 1. The van der Waals surface area contributed by atoms with E-state index >= 15 is 0 Å². The fraction of sp³-hybridized carbons (Fsp3) is 0.519. The summed E-state index contributed by atoms with van der Waals surface area (Å²) in [5.74, 6) is 0.445. The summed E-state index contributed by atoms with van der Waals surface area (Å²) in [6, 6.07) is 8.42. The minimum atomic E-state index is -4.05. The first-order valence-electron chi connectivity index (χ1n) is 12.8. The average molecular weight is 584 g/mol. The van der Waals surface area contributed by atoms with Crippen molar-refractivity contribution in [2.24, 2.45) is 5.41 Å². The molecule has 0 radical (unpaired) electrons.